The molecule has 5 heterocycles. The van der Waals surface area contributed by atoms with Gasteiger partial charge in [0.05, 0.1) is 48.5 Å². The summed E-state index contributed by atoms with van der Waals surface area (Å²) in [5.74, 6) is 12.8. The molecule has 0 aliphatic heterocycles. The number of anilines is 2. The average Bonchev–Trinajstić information content (AvgIpc) is 3.64. The number of nitrogens with zero attached hydrogens (tertiary/aromatic N) is 11. The largest absolute Gasteiger partial charge is 0.396 e. The molecule has 45 heavy (non-hydrogen) atoms. The second-order valence-electron chi connectivity index (χ2n) is 9.87. The monoisotopic (exact) mass is 614 g/mol. The Morgan fingerprint density at radius 3 is 1.71 bits per heavy atom. The third-order valence-corrected chi connectivity index (χ3v) is 6.70. The first-order valence-corrected chi connectivity index (χ1v) is 13.8. The maximum atomic E-state index is 12.8. The number of aromatic nitrogens is 9. The Morgan fingerprint density at radius 2 is 1.27 bits per heavy atom. The number of nitrogen functional groups attached to an aromatic ring is 2. The van der Waals surface area contributed by atoms with E-state index in [0.717, 1.165) is 0 Å². The van der Waals surface area contributed by atoms with Crippen LogP contribution < -0.4 is 39.9 Å². The smallest absolute Gasteiger partial charge is 0.251 e. The van der Waals surface area contributed by atoms with Crippen molar-refractivity contribution in [2.24, 2.45) is 23.2 Å². The second kappa shape index (κ2) is 13.1. The number of nitrogens with two attached hydrogens (primary N) is 6. The summed E-state index contributed by atoms with van der Waals surface area (Å²) in [6.45, 7) is 3.74. The molecule has 234 valence electrons. The van der Waals surface area contributed by atoms with E-state index < -0.39 is 0 Å². The molecule has 19 nitrogen and oxygen atoms in total. The van der Waals surface area contributed by atoms with Gasteiger partial charge in [0.25, 0.3) is 5.91 Å². The predicted octanol–water partition coefficient (Wildman–Crippen LogP) is -1.46. The number of nitrogens with one attached hydrogen (secondary N) is 1. The average molecular weight is 615 g/mol. The summed E-state index contributed by atoms with van der Waals surface area (Å²) in [6, 6.07) is 3.11. The number of carbonyl (C=O) groups is 1. The minimum Gasteiger partial charge on any atom is -0.396 e. The number of fused-ring (bicyclic) bond motifs is 2. The molecule has 13 N–H and O–H groups in total. The first kappa shape index (κ1) is 30.4. The van der Waals surface area contributed by atoms with Crippen molar-refractivity contribution in [3.63, 3.8) is 0 Å². The van der Waals surface area contributed by atoms with Gasteiger partial charge in [-0.05, 0) is 19.1 Å². The number of hydrazine groups is 2. The lowest BCUT2D eigenvalue weighted by Gasteiger charge is -2.17. The molecular formula is C26H34N18O. The topological polar surface area (TPSA) is 292 Å². The lowest BCUT2D eigenvalue weighted by Crippen LogP contribution is -2.30. The van der Waals surface area contributed by atoms with Crippen LogP contribution in [0.2, 0.25) is 0 Å². The quantitative estimate of drug-likeness (QED) is 0.0624. The molecule has 19 heteroatoms. The van der Waals surface area contributed by atoms with Crippen LogP contribution in [-0.2, 0) is 13.1 Å². The van der Waals surface area contributed by atoms with Crippen LogP contribution in [0.25, 0.3) is 33.7 Å². The highest BCUT2D eigenvalue weighted by molar-refractivity contribution is 5.95. The first-order valence-electron chi connectivity index (χ1n) is 13.8. The molecule has 0 saturated heterocycles. The summed E-state index contributed by atoms with van der Waals surface area (Å²) in [6.07, 6.45) is 8.94. The van der Waals surface area contributed by atoms with E-state index in [4.69, 9.17) is 34.6 Å². The molecular weight excluding hydrogens is 580 g/mol. The Morgan fingerprint density at radius 1 is 0.800 bits per heavy atom. The van der Waals surface area contributed by atoms with Crippen LogP contribution in [0.1, 0.15) is 28.7 Å². The molecule has 0 radical (unpaired) electrons. The zero-order valence-electron chi connectivity index (χ0n) is 24.4. The Balaban J connectivity index is 1.33. The summed E-state index contributed by atoms with van der Waals surface area (Å²) < 4.78 is 3.59. The minimum absolute atomic E-state index is 0.201. The van der Waals surface area contributed by atoms with Crippen molar-refractivity contribution in [3.05, 3.63) is 66.8 Å². The molecule has 0 bridgehead atoms. The van der Waals surface area contributed by atoms with Crippen molar-refractivity contribution in [2.75, 3.05) is 31.1 Å². The Labute approximate surface area is 256 Å². The van der Waals surface area contributed by atoms with Gasteiger partial charge in [0.15, 0.2) is 22.9 Å². The van der Waals surface area contributed by atoms with Crippen molar-refractivity contribution in [2.45, 2.75) is 20.0 Å². The third-order valence-electron chi connectivity index (χ3n) is 6.70. The van der Waals surface area contributed by atoms with Crippen molar-refractivity contribution in [1.82, 2.24) is 59.4 Å². The fourth-order valence-corrected chi connectivity index (χ4v) is 4.49. The summed E-state index contributed by atoms with van der Waals surface area (Å²) in [4.78, 5) is 42.1. The van der Waals surface area contributed by atoms with E-state index in [9.17, 15) is 4.79 Å². The van der Waals surface area contributed by atoms with Gasteiger partial charge in [0.1, 0.15) is 23.7 Å². The number of amides is 1. The molecule has 0 spiro atoms. The highest BCUT2D eigenvalue weighted by Gasteiger charge is 2.15. The van der Waals surface area contributed by atoms with E-state index in [0.29, 0.717) is 72.3 Å². The number of rotatable bonds is 12. The lowest BCUT2D eigenvalue weighted by atomic mass is 10.1. The van der Waals surface area contributed by atoms with E-state index in [1.807, 2.05) is 6.92 Å². The normalized spacial score (nSPS) is 12.2. The fourth-order valence-electron chi connectivity index (χ4n) is 4.49. The van der Waals surface area contributed by atoms with E-state index in [2.05, 4.69) is 40.2 Å². The SMILES string of the molecule is CCNC(=O)c1cc(/C(N)=C/N(N)CCn2cnc3ncnc(N)c32)nc(/C(N)=C/N(N)CCn2cnc3ncnc(N)c32)c1. The molecule has 0 aliphatic carbocycles. The van der Waals surface area contributed by atoms with Gasteiger partial charge < -0.3 is 47.4 Å². The zero-order chi connectivity index (χ0) is 32.1. The molecule has 0 aromatic carbocycles. The van der Waals surface area contributed by atoms with Crippen LogP contribution in [0.15, 0.2) is 49.8 Å². The highest BCUT2D eigenvalue weighted by atomic mass is 16.1. The summed E-state index contributed by atoms with van der Waals surface area (Å²) in [7, 11) is 0. The maximum Gasteiger partial charge on any atom is 0.251 e. The van der Waals surface area contributed by atoms with E-state index in [1.165, 1.54) is 35.1 Å². The van der Waals surface area contributed by atoms with Crippen molar-refractivity contribution < 1.29 is 4.79 Å². The summed E-state index contributed by atoms with van der Waals surface area (Å²) in [5, 5.41) is 5.55. The van der Waals surface area contributed by atoms with E-state index in [1.54, 1.807) is 33.9 Å². The first-order chi connectivity index (χ1) is 21.6. The number of pyridine rings is 1. The summed E-state index contributed by atoms with van der Waals surface area (Å²) in [5.41, 5.74) is 28.2. The molecule has 0 atom stereocenters. The van der Waals surface area contributed by atoms with Crippen LogP contribution in [0.3, 0.4) is 0 Å². The Bertz CT molecular complexity index is 1770. The molecule has 0 unspecified atom stereocenters. The number of imidazole rings is 2. The third kappa shape index (κ3) is 6.78. The van der Waals surface area contributed by atoms with Crippen LogP contribution in [0.5, 0.6) is 0 Å². The van der Waals surface area contributed by atoms with E-state index >= 15 is 0 Å². The number of hydrogen-bond acceptors (Lipinski definition) is 16. The van der Waals surface area contributed by atoms with Gasteiger partial charge in [-0.2, -0.15) is 0 Å². The standard InChI is InChI=1S/C26H34N18O/c1-2-33-26(45)15-7-18(16(27)9-43(31)5-3-41-13-38-24-20(41)22(29)34-11-36-24)40-19(8-15)17(28)10-44(32)6-4-42-14-39-25-21(42)23(30)35-12-37-25/h7-14H,2-6,27-28,31-32H2,1H3,(H,33,45)(H2,29,34,36)(H2,30,35,37)/b16-9-,17-10-. The molecule has 0 saturated carbocycles. The second-order valence-corrected chi connectivity index (χ2v) is 9.87. The van der Waals surface area contributed by atoms with E-state index in [-0.39, 0.29) is 28.7 Å². The maximum absolute atomic E-state index is 12.8. The molecule has 5 aromatic rings. The summed E-state index contributed by atoms with van der Waals surface area (Å²) >= 11 is 0. The highest BCUT2D eigenvalue weighted by Crippen LogP contribution is 2.18. The van der Waals surface area contributed by atoms with Crippen LogP contribution >= 0.6 is 0 Å². The van der Waals surface area contributed by atoms with Crippen molar-refractivity contribution in [1.29, 1.82) is 0 Å². The molecule has 0 fully saturated rings. The Hall–Kier alpha value is -6.08. The van der Waals surface area contributed by atoms with Gasteiger partial charge in [0, 0.05) is 37.6 Å². The molecule has 0 aliphatic rings. The molecule has 5 aromatic heterocycles. The van der Waals surface area contributed by atoms with Gasteiger partial charge in [-0.3, -0.25) is 4.79 Å². The number of carbonyl (C=O) groups excluding carboxylic acids is 1. The number of hydrogen-bond donors (Lipinski definition) is 7. The predicted molar refractivity (Wildman–Crippen MR) is 168 cm³/mol. The molecule has 5 rings (SSSR count). The zero-order valence-corrected chi connectivity index (χ0v) is 24.4. The van der Waals surface area contributed by atoms with Crippen molar-refractivity contribution in [3.8, 4) is 0 Å². The molecule has 1 amide bonds. The van der Waals surface area contributed by atoms with Crippen LogP contribution in [0.4, 0.5) is 11.6 Å². The van der Waals surface area contributed by atoms with Gasteiger partial charge in [-0.15, -0.1) is 0 Å². The van der Waals surface area contributed by atoms with Crippen LogP contribution in [0, 0.1) is 0 Å². The fraction of sp³-hybridized carbons (Fsp3) is 0.231. The van der Waals surface area contributed by atoms with Gasteiger partial charge in [-0.1, -0.05) is 0 Å². The minimum atomic E-state index is -0.323. The lowest BCUT2D eigenvalue weighted by molar-refractivity contribution is 0.0955. The van der Waals surface area contributed by atoms with Crippen LogP contribution in [-0.4, -0.2) is 79.6 Å². The Kier molecular flexibility index (Phi) is 8.81. The van der Waals surface area contributed by atoms with Gasteiger partial charge >= 0.3 is 0 Å². The van der Waals surface area contributed by atoms with Crippen molar-refractivity contribution >= 4 is 51.3 Å². The van der Waals surface area contributed by atoms with Gasteiger partial charge in [0.2, 0.25) is 0 Å². The van der Waals surface area contributed by atoms with Gasteiger partial charge in [-0.25, -0.2) is 46.6 Å².